The predicted molar refractivity (Wildman–Crippen MR) is 152 cm³/mol. The highest BCUT2D eigenvalue weighted by molar-refractivity contribution is 7.73. The number of rotatable bonds is 5. The lowest BCUT2D eigenvalue weighted by Gasteiger charge is -2.51. The van der Waals surface area contributed by atoms with Crippen molar-refractivity contribution in [1.29, 1.82) is 0 Å². The van der Waals surface area contributed by atoms with Gasteiger partial charge in [0.1, 0.15) is 11.0 Å². The van der Waals surface area contributed by atoms with Crippen LogP contribution in [0.2, 0.25) is 0 Å². The molecule has 2 aromatic heterocycles. The minimum Gasteiger partial charge on any atom is -0.464 e. The predicted octanol–water partition coefficient (Wildman–Crippen LogP) is 8.22. The van der Waals surface area contributed by atoms with Gasteiger partial charge >= 0.3 is 0 Å². The van der Waals surface area contributed by atoms with Crippen LogP contribution in [0.25, 0.3) is 0 Å². The number of furan rings is 2. The molecular weight excluding hydrogens is 466 g/mol. The Morgan fingerprint density at radius 2 is 1.60 bits per heavy atom. The van der Waals surface area contributed by atoms with Gasteiger partial charge in [-0.05, 0) is 96.3 Å². The molecule has 3 fully saturated rings. The van der Waals surface area contributed by atoms with E-state index in [0.717, 1.165) is 22.8 Å². The number of hydrogen-bond acceptors (Lipinski definition) is 2. The second-order valence-corrected chi connectivity index (χ2v) is 20.0. The summed E-state index contributed by atoms with van der Waals surface area (Å²) in [5.41, 5.74) is 2.62. The number of fused-ring (bicyclic) bond motifs is 5. The quantitative estimate of drug-likeness (QED) is 0.299. The molecule has 7 unspecified atom stereocenters. The van der Waals surface area contributed by atoms with Crippen LogP contribution in [-0.2, 0) is 0 Å². The van der Waals surface area contributed by atoms with E-state index in [-0.39, 0.29) is 15.5 Å². The fraction of sp³-hybridized carbons (Fsp3) is 0.677. The van der Waals surface area contributed by atoms with E-state index in [1.165, 1.54) is 32.1 Å². The Morgan fingerprint density at radius 1 is 1.00 bits per heavy atom. The van der Waals surface area contributed by atoms with Crippen molar-refractivity contribution in [2.75, 3.05) is 0 Å². The molecule has 0 saturated heterocycles. The molecule has 0 amide bonds. The van der Waals surface area contributed by atoms with Crippen LogP contribution in [0.15, 0.2) is 45.6 Å². The van der Waals surface area contributed by atoms with Gasteiger partial charge in [0, 0.05) is 18.7 Å². The van der Waals surface area contributed by atoms with Crippen LogP contribution in [0.1, 0.15) is 80.6 Å². The Labute approximate surface area is 215 Å². The highest BCUT2D eigenvalue weighted by Gasteiger charge is 2.63. The van der Waals surface area contributed by atoms with Crippen molar-refractivity contribution < 1.29 is 8.83 Å². The van der Waals surface area contributed by atoms with E-state index >= 15 is 0 Å². The lowest BCUT2D eigenvalue weighted by Crippen LogP contribution is -2.46. The summed E-state index contributed by atoms with van der Waals surface area (Å²) < 4.78 is 12.4. The SMILES string of the molecule is C#CC(C1C(C)C2CC3CCC(P(c4ccco4)c4ccco4)(C3)C1C2)P(C(C)(C)C)C(C)(C)C. The van der Waals surface area contributed by atoms with Gasteiger partial charge in [-0.1, -0.05) is 62.3 Å². The zero-order valence-corrected chi connectivity index (χ0v) is 24.5. The topological polar surface area (TPSA) is 26.3 Å². The third-order valence-electron chi connectivity index (χ3n) is 9.48. The van der Waals surface area contributed by atoms with Gasteiger partial charge in [0.2, 0.25) is 0 Å². The molecule has 35 heavy (non-hydrogen) atoms. The third kappa shape index (κ3) is 4.28. The van der Waals surface area contributed by atoms with Crippen LogP contribution in [-0.4, -0.2) is 21.1 Å². The molecule has 190 valence electrons. The maximum absolute atomic E-state index is 6.57. The summed E-state index contributed by atoms with van der Waals surface area (Å²) in [7, 11) is -1.11. The first-order valence-corrected chi connectivity index (χ1v) is 16.4. The molecule has 0 radical (unpaired) electrons. The minimum absolute atomic E-state index is 0.214. The summed E-state index contributed by atoms with van der Waals surface area (Å²) in [5, 5.41) is 0.649. The van der Waals surface area contributed by atoms with Crippen LogP contribution < -0.4 is 11.0 Å². The Morgan fingerprint density at radius 3 is 2.09 bits per heavy atom. The van der Waals surface area contributed by atoms with Gasteiger partial charge in [-0.2, -0.15) is 0 Å². The first-order chi connectivity index (χ1) is 16.5. The molecular formula is C31H44O2P2. The first-order valence-electron chi connectivity index (χ1n) is 13.6. The van der Waals surface area contributed by atoms with Gasteiger partial charge in [-0.15, -0.1) is 6.42 Å². The van der Waals surface area contributed by atoms with Crippen LogP contribution in [0.3, 0.4) is 0 Å². The average Bonchev–Trinajstić information content (AvgIpc) is 3.53. The van der Waals surface area contributed by atoms with Gasteiger partial charge in [-0.25, -0.2) is 0 Å². The molecule has 0 N–H and O–H groups in total. The van der Waals surface area contributed by atoms with E-state index < -0.39 is 15.8 Å². The molecule has 0 aromatic carbocycles. The van der Waals surface area contributed by atoms with Gasteiger partial charge in [-0.3, -0.25) is 0 Å². The fourth-order valence-electron chi connectivity index (χ4n) is 8.81. The lowest BCUT2D eigenvalue weighted by atomic mass is 9.76. The summed E-state index contributed by atoms with van der Waals surface area (Å²) in [6, 6.07) is 8.55. The monoisotopic (exact) mass is 510 g/mol. The van der Waals surface area contributed by atoms with Crippen molar-refractivity contribution >= 4 is 26.8 Å². The van der Waals surface area contributed by atoms with Crippen molar-refractivity contribution in [3.8, 4) is 12.3 Å². The molecule has 5 rings (SSSR count). The molecule has 4 bridgehead atoms. The van der Waals surface area contributed by atoms with Gasteiger partial charge in [0.25, 0.3) is 0 Å². The Bertz CT molecular complexity index is 987. The molecule has 3 aliphatic carbocycles. The molecule has 2 nitrogen and oxygen atoms in total. The number of terminal acetylenes is 1. The van der Waals surface area contributed by atoms with E-state index in [1.807, 2.05) is 12.5 Å². The molecule has 3 saturated carbocycles. The normalized spacial score (nSPS) is 33.8. The lowest BCUT2D eigenvalue weighted by molar-refractivity contribution is 0.234. The zero-order valence-electron chi connectivity index (χ0n) is 22.8. The van der Waals surface area contributed by atoms with Crippen molar-refractivity contribution in [2.24, 2.45) is 29.6 Å². The summed E-state index contributed by atoms with van der Waals surface area (Å²) in [5.74, 6) is 7.01. The van der Waals surface area contributed by atoms with Gasteiger partial charge in [0.05, 0.1) is 12.5 Å². The van der Waals surface area contributed by atoms with E-state index in [1.54, 1.807) is 0 Å². The molecule has 0 aliphatic heterocycles. The Kier molecular flexibility index (Phi) is 6.64. The maximum atomic E-state index is 6.57. The Balaban J connectivity index is 1.66. The molecule has 3 aliphatic rings. The summed E-state index contributed by atoms with van der Waals surface area (Å²) in [6.07, 6.45) is 16.9. The summed E-state index contributed by atoms with van der Waals surface area (Å²) in [4.78, 5) is 0. The van der Waals surface area contributed by atoms with Crippen LogP contribution in [0.4, 0.5) is 0 Å². The van der Waals surface area contributed by atoms with Gasteiger partial charge in [0.15, 0.2) is 0 Å². The van der Waals surface area contributed by atoms with Crippen LogP contribution >= 0.6 is 15.8 Å². The largest absolute Gasteiger partial charge is 0.464 e. The minimum atomic E-state index is -0.719. The third-order valence-corrected chi connectivity index (χ3v) is 16.4. The smallest absolute Gasteiger partial charge is 0.133 e. The summed E-state index contributed by atoms with van der Waals surface area (Å²) >= 11 is 0. The summed E-state index contributed by atoms with van der Waals surface area (Å²) in [6.45, 7) is 17.2. The van der Waals surface area contributed by atoms with E-state index in [2.05, 4.69) is 78.7 Å². The average molecular weight is 511 g/mol. The maximum Gasteiger partial charge on any atom is 0.133 e. The fourth-order valence-corrected chi connectivity index (χ4v) is 16.8. The van der Waals surface area contributed by atoms with Crippen LogP contribution in [0, 0.1) is 41.9 Å². The second-order valence-electron chi connectivity index (χ2n) is 13.5. The zero-order chi connectivity index (χ0) is 25.2. The first kappa shape index (κ1) is 25.6. The molecule has 7 atom stereocenters. The van der Waals surface area contributed by atoms with Crippen molar-refractivity contribution in [2.45, 2.75) is 102 Å². The second kappa shape index (κ2) is 9.07. The number of hydrogen-bond donors (Lipinski definition) is 0. The van der Waals surface area contributed by atoms with E-state index in [4.69, 9.17) is 15.3 Å². The van der Waals surface area contributed by atoms with Crippen molar-refractivity contribution in [3.05, 3.63) is 36.8 Å². The molecule has 0 spiro atoms. The van der Waals surface area contributed by atoms with E-state index in [9.17, 15) is 0 Å². The highest BCUT2D eigenvalue weighted by atomic mass is 31.1. The van der Waals surface area contributed by atoms with Crippen molar-refractivity contribution in [1.82, 2.24) is 0 Å². The molecule has 4 heteroatoms. The standard InChI is InChI=1S/C31H44O2P2/c1-9-25(35(29(3,4)5)30(6,7)8)28-21(2)23-18-22-14-15-31(20-22,24(28)19-23)34(26-12-10-16-32-26)27-13-11-17-33-27/h1,10-13,16-17,21-25,28H,14-15,18-20H2,2-8H3. The van der Waals surface area contributed by atoms with Crippen molar-refractivity contribution in [3.63, 3.8) is 0 Å². The van der Waals surface area contributed by atoms with Gasteiger partial charge < -0.3 is 8.83 Å². The molecule has 2 heterocycles. The molecule has 2 aromatic rings. The van der Waals surface area contributed by atoms with Crippen LogP contribution in [0.5, 0.6) is 0 Å². The van der Waals surface area contributed by atoms with E-state index in [0.29, 0.717) is 23.4 Å². The highest BCUT2D eigenvalue weighted by Crippen LogP contribution is 2.74. The Hall–Kier alpha value is -1.02.